The van der Waals surface area contributed by atoms with Crippen LogP contribution in [0.15, 0.2) is 4.60 Å². The average molecular weight is 330 g/mol. The van der Waals surface area contributed by atoms with Crippen molar-refractivity contribution in [3.8, 4) is 0 Å². The molecular formula is C7H12BrN3O3S2. The molecule has 0 saturated carbocycles. The van der Waals surface area contributed by atoms with Crippen LogP contribution in [0.5, 0.6) is 0 Å². The number of hydrogen-bond acceptors (Lipinski definition) is 6. The molecule has 0 spiro atoms. The number of rotatable bonds is 6. The Morgan fingerprint density at radius 1 is 1.56 bits per heavy atom. The summed E-state index contributed by atoms with van der Waals surface area (Å²) >= 11 is 4.03. The van der Waals surface area contributed by atoms with E-state index in [4.69, 9.17) is 4.74 Å². The molecule has 1 aromatic rings. The third-order valence-electron chi connectivity index (χ3n) is 1.89. The maximum absolute atomic E-state index is 11.7. The van der Waals surface area contributed by atoms with Crippen LogP contribution in [0.3, 0.4) is 0 Å². The number of halogens is 1. The van der Waals surface area contributed by atoms with Gasteiger partial charge in [0.2, 0.25) is 10.0 Å². The predicted molar refractivity (Wildman–Crippen MR) is 66.1 cm³/mol. The summed E-state index contributed by atoms with van der Waals surface area (Å²) in [5.74, 6) is 0.125. The Morgan fingerprint density at radius 3 is 2.69 bits per heavy atom. The van der Waals surface area contributed by atoms with Gasteiger partial charge in [-0.25, -0.2) is 8.42 Å². The fraction of sp³-hybridized carbons (Fsp3) is 0.714. The zero-order valence-electron chi connectivity index (χ0n) is 8.81. The lowest BCUT2D eigenvalue weighted by Gasteiger charge is -2.13. The number of aromatic nitrogens is 2. The molecule has 1 aromatic heterocycles. The molecular weight excluding hydrogens is 318 g/mol. The van der Waals surface area contributed by atoms with Gasteiger partial charge in [-0.2, -0.15) is 8.75 Å². The molecule has 0 radical (unpaired) electrons. The summed E-state index contributed by atoms with van der Waals surface area (Å²) in [5.41, 5.74) is 0. The van der Waals surface area contributed by atoms with Crippen molar-refractivity contribution in [1.29, 1.82) is 0 Å². The van der Waals surface area contributed by atoms with E-state index in [1.807, 2.05) is 6.92 Å². The fourth-order valence-corrected chi connectivity index (χ4v) is 3.51. The van der Waals surface area contributed by atoms with Gasteiger partial charge in [0.25, 0.3) is 0 Å². The zero-order chi connectivity index (χ0) is 12.2. The highest BCUT2D eigenvalue weighted by molar-refractivity contribution is 9.10. The molecule has 0 aliphatic rings. The lowest BCUT2D eigenvalue weighted by atomic mass is 10.3. The van der Waals surface area contributed by atoms with Crippen molar-refractivity contribution in [1.82, 2.24) is 8.75 Å². The van der Waals surface area contributed by atoms with Gasteiger partial charge in [-0.15, -0.1) is 0 Å². The molecule has 1 atom stereocenters. The Morgan fingerprint density at radius 2 is 2.25 bits per heavy atom. The summed E-state index contributed by atoms with van der Waals surface area (Å²) in [7, 11) is -1.96. The first-order chi connectivity index (χ1) is 7.48. The van der Waals surface area contributed by atoms with Crippen LogP contribution in [0.1, 0.15) is 13.3 Å². The van der Waals surface area contributed by atoms with Gasteiger partial charge in [0.15, 0.2) is 10.4 Å². The predicted octanol–water partition coefficient (Wildman–Crippen LogP) is 1.47. The highest BCUT2D eigenvalue weighted by Gasteiger charge is 2.19. The molecule has 1 N–H and O–H groups in total. The highest BCUT2D eigenvalue weighted by Crippen LogP contribution is 2.20. The third-order valence-corrected chi connectivity index (χ3v) is 4.53. The molecule has 9 heteroatoms. The van der Waals surface area contributed by atoms with Gasteiger partial charge in [0.1, 0.15) is 0 Å². The minimum Gasteiger partial charge on any atom is -0.380 e. The summed E-state index contributed by atoms with van der Waals surface area (Å²) in [6, 6.07) is 0. The van der Waals surface area contributed by atoms with Crippen LogP contribution in [0.4, 0.5) is 5.82 Å². The van der Waals surface area contributed by atoms with Gasteiger partial charge in [-0.1, -0.05) is 6.92 Å². The van der Waals surface area contributed by atoms with Gasteiger partial charge < -0.3 is 4.74 Å². The number of hydrogen-bond donors (Lipinski definition) is 1. The van der Waals surface area contributed by atoms with E-state index in [1.165, 1.54) is 7.11 Å². The molecule has 1 heterocycles. The summed E-state index contributed by atoms with van der Waals surface area (Å²) < 4.78 is 38.8. The number of sulfonamides is 1. The van der Waals surface area contributed by atoms with Gasteiger partial charge in [-0.05, 0) is 22.4 Å². The number of nitrogens with one attached hydrogen (secondary N) is 1. The van der Waals surface area contributed by atoms with Crippen molar-refractivity contribution < 1.29 is 13.2 Å². The minimum atomic E-state index is -3.45. The van der Waals surface area contributed by atoms with E-state index in [0.29, 0.717) is 11.0 Å². The molecule has 1 unspecified atom stereocenters. The molecule has 0 fully saturated rings. The maximum atomic E-state index is 11.7. The molecule has 1 rings (SSSR count). The van der Waals surface area contributed by atoms with E-state index in [1.54, 1.807) is 0 Å². The van der Waals surface area contributed by atoms with Gasteiger partial charge in [-0.3, -0.25) is 4.72 Å². The molecule has 0 aliphatic carbocycles. The topological polar surface area (TPSA) is 81.2 Å². The lowest BCUT2D eigenvalue weighted by Crippen LogP contribution is -2.27. The molecule has 16 heavy (non-hydrogen) atoms. The minimum absolute atomic E-state index is 0.0933. The number of anilines is 1. The Bertz CT molecular complexity index is 430. The van der Waals surface area contributed by atoms with Gasteiger partial charge in [0.05, 0.1) is 23.6 Å². The highest BCUT2D eigenvalue weighted by atomic mass is 79.9. The summed E-state index contributed by atoms with van der Waals surface area (Å²) in [6.07, 6.45) is 0.316. The average Bonchev–Trinajstić information content (AvgIpc) is 2.60. The van der Waals surface area contributed by atoms with Crippen LogP contribution in [-0.4, -0.2) is 36.1 Å². The SMILES string of the molecule is CCC(CS(=O)(=O)Nc1nsnc1Br)OC. The van der Waals surface area contributed by atoms with Gasteiger partial charge >= 0.3 is 0 Å². The summed E-state index contributed by atoms with van der Waals surface area (Å²) in [4.78, 5) is 0. The first-order valence-electron chi connectivity index (χ1n) is 4.50. The van der Waals surface area contributed by atoms with E-state index in [0.717, 1.165) is 11.7 Å². The second-order valence-electron chi connectivity index (χ2n) is 3.05. The van der Waals surface area contributed by atoms with Crippen molar-refractivity contribution in [2.75, 3.05) is 17.6 Å². The second-order valence-corrected chi connectivity index (χ2v) is 6.10. The van der Waals surface area contributed by atoms with E-state index in [2.05, 4.69) is 29.4 Å². The molecule has 92 valence electrons. The third kappa shape index (κ3) is 3.96. The standard InChI is InChI=1S/C7H12BrN3O3S2/c1-3-5(14-2)4-16(12,13)11-7-6(8)9-15-10-7/h5H,3-4H2,1-2H3,(H,10,11). The number of methoxy groups -OCH3 is 1. The number of nitrogens with zero attached hydrogens (tertiary/aromatic N) is 2. The lowest BCUT2D eigenvalue weighted by molar-refractivity contribution is 0.117. The molecule has 0 bridgehead atoms. The summed E-state index contributed by atoms with van der Waals surface area (Å²) in [6.45, 7) is 1.87. The van der Waals surface area contributed by atoms with Crippen LogP contribution in [-0.2, 0) is 14.8 Å². The quantitative estimate of drug-likeness (QED) is 0.854. The Balaban J connectivity index is 2.69. The van der Waals surface area contributed by atoms with Crippen LogP contribution in [0, 0.1) is 0 Å². The Kier molecular flexibility index (Phi) is 5.09. The monoisotopic (exact) mass is 329 g/mol. The second kappa shape index (κ2) is 5.89. The molecule has 0 saturated heterocycles. The first kappa shape index (κ1) is 13.8. The van der Waals surface area contributed by atoms with Crippen LogP contribution >= 0.6 is 27.7 Å². The van der Waals surface area contributed by atoms with E-state index < -0.39 is 10.0 Å². The first-order valence-corrected chi connectivity index (χ1v) is 7.67. The fourth-order valence-electron chi connectivity index (χ4n) is 1.02. The van der Waals surface area contributed by atoms with E-state index in [-0.39, 0.29) is 17.7 Å². The normalized spacial score (nSPS) is 13.7. The molecule has 0 amide bonds. The van der Waals surface area contributed by atoms with Crippen molar-refractivity contribution >= 4 is 43.5 Å². The largest absolute Gasteiger partial charge is 0.380 e. The Hall–Kier alpha value is -0.250. The van der Waals surface area contributed by atoms with Crippen molar-refractivity contribution in [2.24, 2.45) is 0 Å². The van der Waals surface area contributed by atoms with E-state index >= 15 is 0 Å². The van der Waals surface area contributed by atoms with Crippen LogP contribution in [0.25, 0.3) is 0 Å². The molecule has 0 aromatic carbocycles. The molecule has 0 aliphatic heterocycles. The zero-order valence-corrected chi connectivity index (χ0v) is 12.0. The maximum Gasteiger partial charge on any atom is 0.236 e. The van der Waals surface area contributed by atoms with Crippen molar-refractivity contribution in [2.45, 2.75) is 19.4 Å². The summed E-state index contributed by atoms with van der Waals surface area (Å²) in [5, 5.41) is 0. The van der Waals surface area contributed by atoms with E-state index in [9.17, 15) is 8.42 Å². The van der Waals surface area contributed by atoms with Crippen LogP contribution in [0.2, 0.25) is 0 Å². The Labute approximate surface area is 107 Å². The smallest absolute Gasteiger partial charge is 0.236 e. The molecule has 6 nitrogen and oxygen atoms in total. The van der Waals surface area contributed by atoms with Crippen molar-refractivity contribution in [3.63, 3.8) is 0 Å². The van der Waals surface area contributed by atoms with Gasteiger partial charge in [0, 0.05) is 7.11 Å². The van der Waals surface area contributed by atoms with Crippen LogP contribution < -0.4 is 4.72 Å². The number of ether oxygens (including phenoxy) is 1. The van der Waals surface area contributed by atoms with Crippen molar-refractivity contribution in [3.05, 3.63) is 4.60 Å².